The number of nitrogens with zero attached hydrogens (tertiary/aromatic N) is 3. The van der Waals surface area contributed by atoms with Crippen molar-refractivity contribution >= 4 is 5.91 Å². The Hall–Kier alpha value is -1.29. The first kappa shape index (κ1) is 13.1. The van der Waals surface area contributed by atoms with Crippen LogP contribution in [0.3, 0.4) is 0 Å². The Balaban J connectivity index is 1.82. The number of carbonyl (C=O) groups is 1. The summed E-state index contributed by atoms with van der Waals surface area (Å²) in [6, 6.07) is 0. The molecule has 0 atom stereocenters. The molecule has 0 aromatic heterocycles. The zero-order valence-electron chi connectivity index (χ0n) is 11.4. The van der Waals surface area contributed by atoms with Crippen LogP contribution in [0, 0.1) is 0 Å². The minimum absolute atomic E-state index is 0.243. The number of rotatable bonds is 3. The maximum atomic E-state index is 11.9. The van der Waals surface area contributed by atoms with Gasteiger partial charge in [-0.15, -0.1) is 0 Å². The third-order valence-corrected chi connectivity index (χ3v) is 3.42. The third-order valence-electron chi connectivity index (χ3n) is 3.42. The van der Waals surface area contributed by atoms with E-state index in [9.17, 15) is 4.79 Å². The van der Waals surface area contributed by atoms with Crippen LogP contribution in [0.1, 0.15) is 12.8 Å². The Morgan fingerprint density at radius 3 is 2.50 bits per heavy atom. The van der Waals surface area contributed by atoms with Gasteiger partial charge < -0.3 is 14.7 Å². The van der Waals surface area contributed by atoms with Crippen molar-refractivity contribution in [3.63, 3.8) is 0 Å². The van der Waals surface area contributed by atoms with Gasteiger partial charge >= 0.3 is 0 Å². The lowest BCUT2D eigenvalue weighted by molar-refractivity contribution is -0.133. The molecule has 1 aliphatic heterocycles. The number of amides is 1. The Labute approximate surface area is 110 Å². The summed E-state index contributed by atoms with van der Waals surface area (Å²) in [6.45, 7) is 4.11. The van der Waals surface area contributed by atoms with Gasteiger partial charge in [-0.1, -0.05) is 12.2 Å². The molecule has 1 fully saturated rings. The lowest BCUT2D eigenvalue weighted by atomic mass is 10.1. The summed E-state index contributed by atoms with van der Waals surface area (Å²) in [5, 5.41) is 0. The van der Waals surface area contributed by atoms with E-state index in [1.165, 1.54) is 5.70 Å². The van der Waals surface area contributed by atoms with Crippen molar-refractivity contribution in [2.75, 3.05) is 46.8 Å². The minimum Gasteiger partial charge on any atom is -0.368 e. The van der Waals surface area contributed by atoms with E-state index < -0.39 is 0 Å². The topological polar surface area (TPSA) is 26.8 Å². The zero-order chi connectivity index (χ0) is 13.0. The summed E-state index contributed by atoms with van der Waals surface area (Å²) in [5.74, 6) is 0.243. The second-order valence-corrected chi connectivity index (χ2v) is 5.21. The number of likely N-dealkylation sites (N-methyl/N-ethyl adjacent to an activating group) is 1. The predicted octanol–water partition coefficient (Wildman–Crippen LogP) is 0.926. The molecule has 0 N–H and O–H groups in total. The highest BCUT2D eigenvalue weighted by Gasteiger charge is 2.21. The fraction of sp³-hybridized carbons (Fsp3) is 0.643. The quantitative estimate of drug-likeness (QED) is 0.744. The van der Waals surface area contributed by atoms with E-state index in [1.807, 2.05) is 23.9 Å². The molecule has 100 valence electrons. The van der Waals surface area contributed by atoms with Crippen LogP contribution in [0.2, 0.25) is 0 Å². The van der Waals surface area contributed by atoms with Gasteiger partial charge in [0.1, 0.15) is 0 Å². The molecule has 1 amide bonds. The van der Waals surface area contributed by atoms with Crippen LogP contribution in [0.4, 0.5) is 0 Å². The van der Waals surface area contributed by atoms with Gasteiger partial charge in [0.2, 0.25) is 5.91 Å². The van der Waals surface area contributed by atoms with Crippen molar-refractivity contribution in [1.82, 2.24) is 14.7 Å². The van der Waals surface area contributed by atoms with E-state index in [4.69, 9.17) is 0 Å². The van der Waals surface area contributed by atoms with Crippen LogP contribution in [0.5, 0.6) is 0 Å². The highest BCUT2D eigenvalue weighted by atomic mass is 16.2. The van der Waals surface area contributed by atoms with Crippen molar-refractivity contribution in [2.45, 2.75) is 12.8 Å². The van der Waals surface area contributed by atoms with E-state index >= 15 is 0 Å². The number of piperazine rings is 1. The molecular formula is C14H23N3O. The van der Waals surface area contributed by atoms with Crippen molar-refractivity contribution in [3.8, 4) is 0 Å². The second kappa shape index (κ2) is 6.05. The molecule has 18 heavy (non-hydrogen) atoms. The Morgan fingerprint density at radius 1 is 1.22 bits per heavy atom. The molecule has 0 aromatic carbocycles. The van der Waals surface area contributed by atoms with Crippen LogP contribution in [-0.2, 0) is 4.79 Å². The summed E-state index contributed by atoms with van der Waals surface area (Å²) in [6.07, 6.45) is 9.05. The Kier molecular flexibility index (Phi) is 4.42. The monoisotopic (exact) mass is 249 g/mol. The Morgan fingerprint density at radius 2 is 1.94 bits per heavy atom. The van der Waals surface area contributed by atoms with Gasteiger partial charge in [-0.05, 0) is 33.0 Å². The third kappa shape index (κ3) is 3.35. The molecule has 0 unspecified atom stereocenters. The maximum absolute atomic E-state index is 11.9. The van der Waals surface area contributed by atoms with Crippen molar-refractivity contribution in [1.29, 1.82) is 0 Å². The standard InChI is InChI=1S/C14H23N3O/c1-15(2)12-14(18)17-10-8-16(9-11-17)13-6-4-3-5-7-13/h4,6-7H,3,5,8-12H2,1-2H3. The molecule has 1 saturated heterocycles. The lowest BCUT2D eigenvalue weighted by Gasteiger charge is -2.37. The second-order valence-electron chi connectivity index (χ2n) is 5.21. The van der Waals surface area contributed by atoms with E-state index in [1.54, 1.807) is 0 Å². The van der Waals surface area contributed by atoms with Crippen molar-refractivity contribution < 1.29 is 4.79 Å². The molecule has 0 saturated carbocycles. The highest BCUT2D eigenvalue weighted by Crippen LogP contribution is 2.16. The normalized spacial score (nSPS) is 20.3. The van der Waals surface area contributed by atoms with E-state index in [0.717, 1.165) is 39.0 Å². The first-order chi connectivity index (χ1) is 8.66. The van der Waals surface area contributed by atoms with Crippen LogP contribution in [0.25, 0.3) is 0 Å². The molecule has 4 heteroatoms. The van der Waals surface area contributed by atoms with Gasteiger partial charge in [-0.2, -0.15) is 0 Å². The first-order valence-corrected chi connectivity index (χ1v) is 6.71. The minimum atomic E-state index is 0.243. The fourth-order valence-electron chi connectivity index (χ4n) is 2.42. The predicted molar refractivity (Wildman–Crippen MR) is 73.2 cm³/mol. The molecule has 0 bridgehead atoms. The molecule has 2 rings (SSSR count). The number of hydrogen-bond donors (Lipinski definition) is 0. The van der Waals surface area contributed by atoms with E-state index in [2.05, 4.69) is 23.1 Å². The first-order valence-electron chi connectivity index (χ1n) is 6.71. The summed E-state index contributed by atoms with van der Waals surface area (Å²) in [5.41, 5.74) is 1.33. The van der Waals surface area contributed by atoms with Gasteiger partial charge in [0.05, 0.1) is 6.54 Å². The molecular weight excluding hydrogens is 226 g/mol. The van der Waals surface area contributed by atoms with Gasteiger partial charge in [-0.25, -0.2) is 0 Å². The van der Waals surface area contributed by atoms with Crippen molar-refractivity contribution in [2.24, 2.45) is 0 Å². The largest absolute Gasteiger partial charge is 0.368 e. The molecule has 2 aliphatic rings. The molecule has 1 heterocycles. The van der Waals surface area contributed by atoms with E-state index in [-0.39, 0.29) is 5.91 Å². The lowest BCUT2D eigenvalue weighted by Crippen LogP contribution is -2.50. The average Bonchev–Trinajstić information content (AvgIpc) is 2.39. The van der Waals surface area contributed by atoms with Crippen LogP contribution in [0.15, 0.2) is 23.9 Å². The highest BCUT2D eigenvalue weighted by molar-refractivity contribution is 5.78. The number of hydrogen-bond acceptors (Lipinski definition) is 3. The van der Waals surface area contributed by atoms with Gasteiger partial charge in [-0.3, -0.25) is 4.79 Å². The molecule has 0 radical (unpaired) electrons. The van der Waals surface area contributed by atoms with Gasteiger partial charge in [0, 0.05) is 31.9 Å². The average molecular weight is 249 g/mol. The summed E-state index contributed by atoms with van der Waals surface area (Å²) >= 11 is 0. The van der Waals surface area contributed by atoms with Crippen LogP contribution < -0.4 is 0 Å². The number of carbonyl (C=O) groups excluding carboxylic acids is 1. The molecule has 0 spiro atoms. The van der Waals surface area contributed by atoms with Crippen molar-refractivity contribution in [3.05, 3.63) is 23.9 Å². The van der Waals surface area contributed by atoms with Gasteiger partial charge in [0.25, 0.3) is 0 Å². The van der Waals surface area contributed by atoms with Crippen LogP contribution >= 0.6 is 0 Å². The molecule has 4 nitrogen and oxygen atoms in total. The zero-order valence-corrected chi connectivity index (χ0v) is 11.4. The fourth-order valence-corrected chi connectivity index (χ4v) is 2.42. The van der Waals surface area contributed by atoms with E-state index in [0.29, 0.717) is 6.54 Å². The summed E-state index contributed by atoms with van der Waals surface area (Å²) in [7, 11) is 3.87. The van der Waals surface area contributed by atoms with Crippen LogP contribution in [-0.4, -0.2) is 67.4 Å². The summed E-state index contributed by atoms with van der Waals surface area (Å²) < 4.78 is 0. The SMILES string of the molecule is CN(C)CC(=O)N1CCN(C2=CCCC=C2)CC1. The Bertz CT molecular complexity index is 352. The molecule has 0 aromatic rings. The molecule has 1 aliphatic carbocycles. The smallest absolute Gasteiger partial charge is 0.236 e. The number of allylic oxidation sites excluding steroid dienone is 3. The van der Waals surface area contributed by atoms with Gasteiger partial charge in [0.15, 0.2) is 0 Å². The maximum Gasteiger partial charge on any atom is 0.236 e. The summed E-state index contributed by atoms with van der Waals surface area (Å²) in [4.78, 5) is 18.2.